The first-order valence-electron chi connectivity index (χ1n) is 10.5. The molecule has 2 atom stereocenters. The summed E-state index contributed by atoms with van der Waals surface area (Å²) in [6.07, 6.45) is 0. The van der Waals surface area contributed by atoms with Crippen LogP contribution in [0, 0.1) is 6.92 Å². The summed E-state index contributed by atoms with van der Waals surface area (Å²) in [4.78, 5) is 29.5. The van der Waals surface area contributed by atoms with Crippen molar-refractivity contribution in [3.63, 3.8) is 0 Å². The number of urea groups is 1. The van der Waals surface area contributed by atoms with Gasteiger partial charge in [-0.1, -0.05) is 60.2 Å². The summed E-state index contributed by atoms with van der Waals surface area (Å²) in [5.41, 5.74) is 3.16. The molecule has 1 saturated heterocycles. The molecule has 1 heterocycles. The molecule has 6 nitrogen and oxygen atoms in total. The Bertz CT molecular complexity index is 833. The first-order valence-corrected chi connectivity index (χ1v) is 10.5. The standard InChI is InChI=1S/C24H31N3O3/c1-18-9-11-20(12-10-18)19(2)26(3)24(29)25-17-22(21-7-5-4-6-8-21)23(28)27-13-15-30-16-14-27/h4-12,19,22H,13-17H2,1-3H3,(H,25,29). The summed E-state index contributed by atoms with van der Waals surface area (Å²) in [6.45, 7) is 6.57. The second kappa shape index (κ2) is 10.3. The van der Waals surface area contributed by atoms with Crippen LogP contribution in [0.2, 0.25) is 0 Å². The molecule has 3 rings (SSSR count). The van der Waals surface area contributed by atoms with Crippen LogP contribution in [-0.4, -0.2) is 61.6 Å². The van der Waals surface area contributed by atoms with Crippen LogP contribution < -0.4 is 5.32 Å². The fourth-order valence-corrected chi connectivity index (χ4v) is 3.60. The van der Waals surface area contributed by atoms with E-state index < -0.39 is 5.92 Å². The number of hydrogen-bond acceptors (Lipinski definition) is 3. The van der Waals surface area contributed by atoms with Crippen LogP contribution in [0.4, 0.5) is 4.79 Å². The normalized spacial score (nSPS) is 15.9. The molecule has 6 heteroatoms. The van der Waals surface area contributed by atoms with Crippen LogP contribution in [0.3, 0.4) is 0 Å². The van der Waals surface area contributed by atoms with Gasteiger partial charge >= 0.3 is 6.03 Å². The Kier molecular flexibility index (Phi) is 7.46. The molecule has 1 fully saturated rings. The zero-order chi connectivity index (χ0) is 21.5. The van der Waals surface area contributed by atoms with Crippen LogP contribution in [-0.2, 0) is 9.53 Å². The largest absolute Gasteiger partial charge is 0.378 e. The van der Waals surface area contributed by atoms with E-state index in [0.717, 1.165) is 11.1 Å². The van der Waals surface area contributed by atoms with Crippen molar-refractivity contribution < 1.29 is 14.3 Å². The molecule has 0 bridgehead atoms. The van der Waals surface area contributed by atoms with Crippen molar-refractivity contribution in [1.29, 1.82) is 0 Å². The lowest BCUT2D eigenvalue weighted by molar-refractivity contribution is -0.136. The SMILES string of the molecule is Cc1ccc(C(C)N(C)C(=O)NCC(C(=O)N2CCOCC2)c2ccccc2)cc1. The Morgan fingerprint density at radius 1 is 1.03 bits per heavy atom. The van der Waals surface area contributed by atoms with Gasteiger partial charge in [0.2, 0.25) is 5.91 Å². The third-order valence-corrected chi connectivity index (χ3v) is 5.74. The molecule has 3 amide bonds. The van der Waals surface area contributed by atoms with Crippen molar-refractivity contribution in [2.45, 2.75) is 25.8 Å². The lowest BCUT2D eigenvalue weighted by Crippen LogP contribution is -2.47. The van der Waals surface area contributed by atoms with Crippen molar-refractivity contribution >= 4 is 11.9 Å². The van der Waals surface area contributed by atoms with Crippen molar-refractivity contribution in [3.8, 4) is 0 Å². The topological polar surface area (TPSA) is 61.9 Å². The highest BCUT2D eigenvalue weighted by Gasteiger charge is 2.28. The van der Waals surface area contributed by atoms with Gasteiger partial charge in [0.15, 0.2) is 0 Å². The van der Waals surface area contributed by atoms with Gasteiger partial charge in [-0.05, 0) is 25.0 Å². The molecular weight excluding hydrogens is 378 g/mol. The van der Waals surface area contributed by atoms with E-state index in [1.165, 1.54) is 5.56 Å². The van der Waals surface area contributed by atoms with Crippen molar-refractivity contribution in [3.05, 3.63) is 71.3 Å². The van der Waals surface area contributed by atoms with E-state index in [0.29, 0.717) is 26.3 Å². The summed E-state index contributed by atoms with van der Waals surface area (Å²) in [5, 5.41) is 2.97. The Hall–Kier alpha value is -2.86. The number of amides is 3. The van der Waals surface area contributed by atoms with Gasteiger partial charge in [-0.25, -0.2) is 4.79 Å². The second-order valence-corrected chi connectivity index (χ2v) is 7.78. The minimum absolute atomic E-state index is 0.0269. The predicted molar refractivity (Wildman–Crippen MR) is 117 cm³/mol. The average molecular weight is 410 g/mol. The Morgan fingerprint density at radius 3 is 2.30 bits per heavy atom. The van der Waals surface area contributed by atoms with E-state index in [9.17, 15) is 9.59 Å². The Morgan fingerprint density at radius 2 is 1.67 bits per heavy atom. The minimum atomic E-state index is -0.420. The van der Waals surface area contributed by atoms with E-state index in [1.54, 1.807) is 11.9 Å². The highest BCUT2D eigenvalue weighted by Crippen LogP contribution is 2.21. The first-order chi connectivity index (χ1) is 14.5. The summed E-state index contributed by atoms with van der Waals surface area (Å²) >= 11 is 0. The second-order valence-electron chi connectivity index (χ2n) is 7.78. The molecule has 0 aliphatic carbocycles. The third kappa shape index (κ3) is 5.39. The molecule has 1 aliphatic heterocycles. The summed E-state index contributed by atoms with van der Waals surface area (Å²) in [7, 11) is 1.78. The van der Waals surface area contributed by atoms with Crippen molar-refractivity contribution in [2.75, 3.05) is 39.9 Å². The number of carbonyl (C=O) groups is 2. The van der Waals surface area contributed by atoms with Gasteiger partial charge < -0.3 is 19.9 Å². The molecular formula is C24H31N3O3. The molecule has 1 aliphatic rings. The number of ether oxygens (including phenoxy) is 1. The van der Waals surface area contributed by atoms with Gasteiger partial charge in [-0.2, -0.15) is 0 Å². The molecule has 0 spiro atoms. The van der Waals surface area contributed by atoms with Crippen LogP contribution in [0.1, 0.15) is 35.6 Å². The summed E-state index contributed by atoms with van der Waals surface area (Å²) in [6, 6.07) is 17.5. The predicted octanol–water partition coefficient (Wildman–Crippen LogP) is 3.34. The highest BCUT2D eigenvalue weighted by molar-refractivity contribution is 5.85. The van der Waals surface area contributed by atoms with Gasteiger partial charge in [0.05, 0.1) is 25.2 Å². The lowest BCUT2D eigenvalue weighted by atomic mass is 9.97. The van der Waals surface area contributed by atoms with E-state index in [1.807, 2.05) is 73.3 Å². The van der Waals surface area contributed by atoms with Crippen molar-refractivity contribution in [2.24, 2.45) is 0 Å². The lowest BCUT2D eigenvalue weighted by Gasteiger charge is -2.31. The van der Waals surface area contributed by atoms with Gasteiger partial charge in [-0.15, -0.1) is 0 Å². The zero-order valence-corrected chi connectivity index (χ0v) is 18.0. The number of morpholine rings is 1. The van der Waals surface area contributed by atoms with E-state index in [-0.39, 0.29) is 24.5 Å². The Labute approximate surface area is 178 Å². The van der Waals surface area contributed by atoms with Crippen LogP contribution >= 0.6 is 0 Å². The van der Waals surface area contributed by atoms with E-state index in [4.69, 9.17) is 4.74 Å². The minimum Gasteiger partial charge on any atom is -0.378 e. The monoisotopic (exact) mass is 409 g/mol. The Balaban J connectivity index is 1.67. The molecule has 0 aromatic heterocycles. The smallest absolute Gasteiger partial charge is 0.317 e. The van der Waals surface area contributed by atoms with Gasteiger partial charge in [-0.3, -0.25) is 4.79 Å². The fourth-order valence-electron chi connectivity index (χ4n) is 3.60. The number of nitrogens with zero attached hydrogens (tertiary/aromatic N) is 2. The zero-order valence-electron chi connectivity index (χ0n) is 18.0. The van der Waals surface area contributed by atoms with Crippen LogP contribution in [0.15, 0.2) is 54.6 Å². The maximum atomic E-state index is 13.2. The number of benzene rings is 2. The van der Waals surface area contributed by atoms with Crippen LogP contribution in [0.5, 0.6) is 0 Å². The molecule has 2 unspecified atom stereocenters. The molecule has 2 aromatic rings. The maximum Gasteiger partial charge on any atom is 0.317 e. The molecule has 160 valence electrons. The van der Waals surface area contributed by atoms with E-state index >= 15 is 0 Å². The van der Waals surface area contributed by atoms with E-state index in [2.05, 4.69) is 5.32 Å². The van der Waals surface area contributed by atoms with Crippen LogP contribution in [0.25, 0.3) is 0 Å². The number of nitrogens with one attached hydrogen (secondary N) is 1. The maximum absolute atomic E-state index is 13.2. The van der Waals surface area contributed by atoms with Gasteiger partial charge in [0.25, 0.3) is 0 Å². The average Bonchev–Trinajstić information content (AvgIpc) is 2.79. The molecule has 0 saturated carbocycles. The van der Waals surface area contributed by atoms with Gasteiger partial charge in [0.1, 0.15) is 0 Å². The molecule has 30 heavy (non-hydrogen) atoms. The first kappa shape index (κ1) is 21.8. The highest BCUT2D eigenvalue weighted by atomic mass is 16.5. The quantitative estimate of drug-likeness (QED) is 0.796. The number of hydrogen-bond donors (Lipinski definition) is 1. The van der Waals surface area contributed by atoms with Crippen molar-refractivity contribution in [1.82, 2.24) is 15.1 Å². The molecule has 2 aromatic carbocycles. The number of rotatable bonds is 6. The number of carbonyl (C=O) groups excluding carboxylic acids is 2. The summed E-state index contributed by atoms with van der Waals surface area (Å²) in [5.74, 6) is -0.393. The molecule has 1 N–H and O–H groups in total. The summed E-state index contributed by atoms with van der Waals surface area (Å²) < 4.78 is 5.37. The van der Waals surface area contributed by atoms with Gasteiger partial charge in [0, 0.05) is 26.7 Å². The number of aryl methyl sites for hydroxylation is 1. The molecule has 0 radical (unpaired) electrons. The third-order valence-electron chi connectivity index (χ3n) is 5.74. The fraction of sp³-hybridized carbons (Fsp3) is 0.417.